The van der Waals surface area contributed by atoms with E-state index in [1.807, 2.05) is 28.8 Å². The summed E-state index contributed by atoms with van der Waals surface area (Å²) in [6.07, 6.45) is 1.02. The van der Waals surface area contributed by atoms with Crippen LogP contribution >= 0.6 is 0 Å². The van der Waals surface area contributed by atoms with Crippen LogP contribution in [0.25, 0.3) is 0 Å². The molecule has 39 heavy (non-hydrogen) atoms. The number of barbiturate groups is 1. The Morgan fingerprint density at radius 2 is 1.67 bits per heavy atom. The number of hydrogen-bond acceptors (Lipinski definition) is 6. The smallest absolute Gasteiger partial charge is 0.335 e. The highest BCUT2D eigenvalue weighted by Gasteiger charge is 2.56. The van der Waals surface area contributed by atoms with Crippen LogP contribution in [-0.4, -0.2) is 54.1 Å². The first-order valence-electron chi connectivity index (χ1n) is 13.2. The number of amides is 4. The number of nitrogens with zero attached hydrogens (tertiary/aromatic N) is 3. The molecule has 2 aromatic carbocycles. The molecule has 0 aliphatic carbocycles. The lowest BCUT2D eigenvalue weighted by atomic mass is 9.75. The Morgan fingerprint density at radius 3 is 2.46 bits per heavy atom. The van der Waals surface area contributed by atoms with Crippen LogP contribution in [0.15, 0.2) is 77.6 Å². The molecule has 3 atom stereocenters. The van der Waals surface area contributed by atoms with Crippen molar-refractivity contribution < 1.29 is 19.1 Å². The van der Waals surface area contributed by atoms with Crippen molar-refractivity contribution in [3.05, 3.63) is 94.4 Å². The first-order chi connectivity index (χ1) is 18.9. The predicted octanol–water partition coefficient (Wildman–Crippen LogP) is 2.79. The predicted molar refractivity (Wildman–Crippen MR) is 145 cm³/mol. The summed E-state index contributed by atoms with van der Waals surface area (Å²) in [7, 11) is 1.55. The van der Waals surface area contributed by atoms with Gasteiger partial charge in [0.15, 0.2) is 0 Å². The molecule has 6 rings (SSSR count). The van der Waals surface area contributed by atoms with Crippen molar-refractivity contribution in [1.29, 1.82) is 0 Å². The SMILES string of the molecule is COc1ccccc1C[C@@]1(CN2C[C@@H]3C[C@H](C2)c2cccc(=O)n2C3)C(=O)NC(=O)N(c2ccccc2)C1=O. The van der Waals surface area contributed by atoms with Crippen LogP contribution in [0.2, 0.25) is 0 Å². The third-order valence-corrected chi connectivity index (χ3v) is 8.22. The van der Waals surface area contributed by atoms with E-state index in [1.165, 1.54) is 0 Å². The van der Waals surface area contributed by atoms with Crippen LogP contribution in [0.4, 0.5) is 10.5 Å². The van der Waals surface area contributed by atoms with Crippen molar-refractivity contribution in [2.45, 2.75) is 25.3 Å². The highest BCUT2D eigenvalue weighted by Crippen LogP contribution is 2.40. The summed E-state index contributed by atoms with van der Waals surface area (Å²) in [4.78, 5) is 56.9. The highest BCUT2D eigenvalue weighted by atomic mass is 16.5. The number of hydrogen-bond donors (Lipinski definition) is 1. The van der Waals surface area contributed by atoms with Gasteiger partial charge in [-0.05, 0) is 42.2 Å². The number of rotatable bonds is 6. The van der Waals surface area contributed by atoms with Gasteiger partial charge in [-0.25, -0.2) is 9.69 Å². The minimum absolute atomic E-state index is 0.00199. The van der Waals surface area contributed by atoms with E-state index in [0.29, 0.717) is 36.6 Å². The number of carbonyl (C=O) groups is 3. The van der Waals surface area contributed by atoms with E-state index in [1.54, 1.807) is 55.6 Å². The second-order valence-corrected chi connectivity index (χ2v) is 10.7. The number of aromatic nitrogens is 1. The number of carbonyl (C=O) groups excluding carboxylic acids is 3. The van der Waals surface area contributed by atoms with Crippen LogP contribution in [0.5, 0.6) is 5.75 Å². The molecule has 200 valence electrons. The normalized spacial score (nSPS) is 24.7. The van der Waals surface area contributed by atoms with E-state index in [0.717, 1.165) is 17.0 Å². The first kappa shape index (κ1) is 25.1. The number of urea groups is 1. The molecular formula is C30H30N4O5. The summed E-state index contributed by atoms with van der Waals surface area (Å²) in [5, 5.41) is 2.48. The van der Waals surface area contributed by atoms with E-state index in [9.17, 15) is 19.2 Å². The molecule has 4 amide bonds. The molecule has 9 nitrogen and oxygen atoms in total. The second-order valence-electron chi connectivity index (χ2n) is 10.7. The summed E-state index contributed by atoms with van der Waals surface area (Å²) >= 11 is 0. The van der Waals surface area contributed by atoms with Crippen molar-refractivity contribution >= 4 is 23.5 Å². The second kappa shape index (κ2) is 9.81. The Hall–Kier alpha value is -4.24. The zero-order valence-electron chi connectivity index (χ0n) is 21.7. The van der Waals surface area contributed by atoms with Crippen LogP contribution in [0.1, 0.15) is 23.6 Å². The van der Waals surface area contributed by atoms with Crippen LogP contribution in [-0.2, 0) is 22.6 Å². The van der Waals surface area contributed by atoms with E-state index >= 15 is 0 Å². The summed E-state index contributed by atoms with van der Waals surface area (Å²) < 4.78 is 7.42. The number of nitrogens with one attached hydrogen (secondary N) is 1. The minimum atomic E-state index is -1.57. The molecule has 3 aliphatic heterocycles. The van der Waals surface area contributed by atoms with E-state index in [4.69, 9.17) is 4.74 Å². The van der Waals surface area contributed by atoms with Crippen LogP contribution < -0.4 is 20.5 Å². The zero-order valence-corrected chi connectivity index (χ0v) is 21.7. The fraction of sp³-hybridized carbons (Fsp3) is 0.333. The molecule has 1 N–H and O–H groups in total. The maximum atomic E-state index is 14.4. The topological polar surface area (TPSA) is 101 Å². The summed E-state index contributed by atoms with van der Waals surface area (Å²) in [5.74, 6) is -0.260. The van der Waals surface area contributed by atoms with Crippen molar-refractivity contribution in [3.8, 4) is 5.75 Å². The fourth-order valence-electron chi connectivity index (χ4n) is 6.52. The van der Waals surface area contributed by atoms with Gasteiger partial charge in [-0.15, -0.1) is 0 Å². The van der Waals surface area contributed by atoms with Gasteiger partial charge >= 0.3 is 6.03 Å². The van der Waals surface area contributed by atoms with Gasteiger partial charge in [0, 0.05) is 50.3 Å². The van der Waals surface area contributed by atoms with Gasteiger partial charge in [-0.2, -0.15) is 0 Å². The number of piperidine rings is 1. The average Bonchev–Trinajstić information content (AvgIpc) is 2.93. The molecule has 2 saturated heterocycles. The number of benzene rings is 2. The molecule has 3 aromatic rings. The molecule has 4 heterocycles. The van der Waals surface area contributed by atoms with Gasteiger partial charge < -0.3 is 14.2 Å². The Kier molecular flexibility index (Phi) is 6.31. The Labute approximate surface area is 226 Å². The number of likely N-dealkylation sites (tertiary alicyclic amines) is 1. The Bertz CT molecular complexity index is 1500. The van der Waals surface area contributed by atoms with Crippen molar-refractivity contribution in [2.75, 3.05) is 31.6 Å². The number of imide groups is 2. The molecule has 0 radical (unpaired) electrons. The van der Waals surface area contributed by atoms with Gasteiger partial charge in [0.25, 0.3) is 11.5 Å². The summed E-state index contributed by atoms with van der Waals surface area (Å²) in [5.41, 5.74) is 0.533. The Morgan fingerprint density at radius 1 is 0.897 bits per heavy atom. The summed E-state index contributed by atoms with van der Waals surface area (Å²) in [6, 6.07) is 20.6. The van der Waals surface area contributed by atoms with Gasteiger partial charge in [0.1, 0.15) is 11.2 Å². The van der Waals surface area contributed by atoms with Gasteiger partial charge in [-0.1, -0.05) is 42.5 Å². The fourth-order valence-corrected chi connectivity index (χ4v) is 6.52. The average molecular weight is 527 g/mol. The molecule has 0 spiro atoms. The van der Waals surface area contributed by atoms with Gasteiger partial charge in [0.2, 0.25) is 5.91 Å². The lowest BCUT2D eigenvalue weighted by Crippen LogP contribution is -2.68. The first-order valence-corrected chi connectivity index (χ1v) is 13.2. The number of para-hydroxylation sites is 2. The molecule has 0 unspecified atom stereocenters. The Balaban J connectivity index is 1.40. The lowest BCUT2D eigenvalue weighted by Gasteiger charge is -2.47. The monoisotopic (exact) mass is 526 g/mol. The quantitative estimate of drug-likeness (QED) is 0.496. The molecule has 0 saturated carbocycles. The maximum absolute atomic E-state index is 14.4. The van der Waals surface area contributed by atoms with Gasteiger partial charge in [0.05, 0.1) is 12.8 Å². The van der Waals surface area contributed by atoms with Crippen molar-refractivity contribution in [3.63, 3.8) is 0 Å². The molecule has 3 aliphatic rings. The summed E-state index contributed by atoms with van der Waals surface area (Å²) in [6.45, 7) is 1.99. The number of ether oxygens (including phenoxy) is 1. The number of methoxy groups -OCH3 is 1. The molecule has 2 fully saturated rings. The third kappa shape index (κ3) is 4.32. The molecule has 9 heteroatoms. The standard InChI is InChI=1S/C30H30N4O5/c1-39-25-12-6-5-8-21(25)15-30(27(36)31-29(38)34(28(30)37)23-9-3-2-4-10-23)19-32-16-20-14-22(18-32)24-11-7-13-26(35)33(24)17-20/h2-13,20,22H,14-19H2,1H3,(H,31,36,38)/t20-,22+,30+/m0/s1. The third-order valence-electron chi connectivity index (χ3n) is 8.22. The van der Waals surface area contributed by atoms with E-state index < -0.39 is 23.3 Å². The van der Waals surface area contributed by atoms with Crippen LogP contribution in [0, 0.1) is 11.3 Å². The van der Waals surface area contributed by atoms with Crippen molar-refractivity contribution in [2.24, 2.45) is 11.3 Å². The van der Waals surface area contributed by atoms with Gasteiger partial charge in [-0.3, -0.25) is 19.7 Å². The molecule has 2 bridgehead atoms. The highest BCUT2D eigenvalue weighted by molar-refractivity contribution is 6.30. The van der Waals surface area contributed by atoms with Crippen LogP contribution in [0.3, 0.4) is 0 Å². The van der Waals surface area contributed by atoms with E-state index in [-0.39, 0.29) is 30.4 Å². The molecule has 1 aromatic heterocycles. The number of fused-ring (bicyclic) bond motifs is 4. The van der Waals surface area contributed by atoms with E-state index in [2.05, 4.69) is 10.2 Å². The lowest BCUT2D eigenvalue weighted by molar-refractivity contribution is -0.144. The minimum Gasteiger partial charge on any atom is -0.496 e. The maximum Gasteiger partial charge on any atom is 0.335 e. The largest absolute Gasteiger partial charge is 0.496 e. The molecular weight excluding hydrogens is 496 g/mol. The number of anilines is 1. The number of pyridine rings is 1. The van der Waals surface area contributed by atoms with Crippen molar-refractivity contribution in [1.82, 2.24) is 14.8 Å². The zero-order chi connectivity index (χ0) is 27.1.